The third-order valence-corrected chi connectivity index (χ3v) is 6.47. The third kappa shape index (κ3) is 3.41. The molecule has 1 amide bonds. The average Bonchev–Trinajstić information content (AvgIpc) is 3.06. The number of carbonyl (C=O) groups excluding carboxylic acids is 1. The van der Waals surface area contributed by atoms with E-state index in [1.165, 1.54) is 33.8 Å². The van der Waals surface area contributed by atoms with Crippen LogP contribution in [0, 0.1) is 12.7 Å². The number of amides is 1. The van der Waals surface area contributed by atoms with E-state index in [0.29, 0.717) is 17.8 Å². The first kappa shape index (κ1) is 17.9. The zero-order valence-electron chi connectivity index (χ0n) is 13.7. The first-order valence-electron chi connectivity index (χ1n) is 7.68. The lowest BCUT2D eigenvalue weighted by atomic mass is 10.2. The summed E-state index contributed by atoms with van der Waals surface area (Å²) in [6, 6.07) is 5.20. The van der Waals surface area contributed by atoms with Crippen molar-refractivity contribution in [1.82, 2.24) is 14.7 Å². The molecule has 2 aromatic rings. The summed E-state index contributed by atoms with van der Waals surface area (Å²) >= 11 is 6.35. The maximum atomic E-state index is 13.1. The molecular weight excluding hydrogens is 369 g/mol. The fourth-order valence-electron chi connectivity index (χ4n) is 2.92. The molecule has 0 saturated carbocycles. The molecule has 0 radical (unpaired) electrons. The van der Waals surface area contributed by atoms with E-state index in [-0.39, 0.29) is 40.0 Å². The summed E-state index contributed by atoms with van der Waals surface area (Å²) in [6.07, 6.45) is 0.410. The molecular formula is C16H17ClFN3O3S. The summed E-state index contributed by atoms with van der Waals surface area (Å²) < 4.78 is 37.7. The van der Waals surface area contributed by atoms with Gasteiger partial charge in [0.15, 0.2) is 9.84 Å². The molecule has 25 heavy (non-hydrogen) atoms. The Bertz CT molecular complexity index is 925. The van der Waals surface area contributed by atoms with Crippen molar-refractivity contribution in [2.24, 2.45) is 0 Å². The van der Waals surface area contributed by atoms with E-state index in [9.17, 15) is 17.6 Å². The molecule has 2 heterocycles. The second-order valence-corrected chi connectivity index (χ2v) is 8.70. The minimum absolute atomic E-state index is 0.0436. The minimum atomic E-state index is -3.10. The zero-order chi connectivity index (χ0) is 18.4. The highest BCUT2D eigenvalue weighted by atomic mass is 35.5. The van der Waals surface area contributed by atoms with Crippen LogP contribution in [0.3, 0.4) is 0 Å². The zero-order valence-corrected chi connectivity index (χ0v) is 15.3. The minimum Gasteiger partial charge on any atom is -0.338 e. The maximum absolute atomic E-state index is 13.1. The van der Waals surface area contributed by atoms with Crippen LogP contribution in [0.25, 0.3) is 5.69 Å². The molecule has 1 saturated heterocycles. The van der Waals surface area contributed by atoms with Crippen molar-refractivity contribution < 1.29 is 17.6 Å². The fourth-order valence-corrected chi connectivity index (χ4v) is 5.05. The Labute approximate surface area is 150 Å². The molecule has 9 heteroatoms. The van der Waals surface area contributed by atoms with E-state index in [4.69, 9.17) is 11.6 Å². The van der Waals surface area contributed by atoms with Gasteiger partial charge in [0.05, 0.1) is 28.5 Å². The summed E-state index contributed by atoms with van der Waals surface area (Å²) in [5.41, 5.74) is 1.17. The van der Waals surface area contributed by atoms with Gasteiger partial charge in [-0.25, -0.2) is 17.5 Å². The lowest BCUT2D eigenvalue weighted by Crippen LogP contribution is -2.38. The smallest absolute Gasteiger partial charge is 0.258 e. The number of sulfone groups is 1. The molecule has 1 aromatic carbocycles. The highest BCUT2D eigenvalue weighted by molar-refractivity contribution is 7.91. The summed E-state index contributed by atoms with van der Waals surface area (Å²) in [6.45, 7) is 1.65. The van der Waals surface area contributed by atoms with Gasteiger partial charge in [0, 0.05) is 13.1 Å². The van der Waals surface area contributed by atoms with Crippen LogP contribution in [0.2, 0.25) is 5.15 Å². The van der Waals surface area contributed by atoms with Gasteiger partial charge >= 0.3 is 0 Å². The number of aryl methyl sites for hydroxylation is 1. The molecule has 0 N–H and O–H groups in total. The molecule has 6 nitrogen and oxygen atoms in total. The van der Waals surface area contributed by atoms with Crippen LogP contribution in [-0.2, 0) is 9.84 Å². The van der Waals surface area contributed by atoms with Gasteiger partial charge < -0.3 is 4.90 Å². The first-order chi connectivity index (χ1) is 11.7. The Balaban J connectivity index is 1.92. The summed E-state index contributed by atoms with van der Waals surface area (Å²) in [7, 11) is -1.53. The SMILES string of the molecule is Cc1nn(-c2ccc(F)cc2)c(Cl)c1C(=O)N(C)C1CCS(=O)(=O)C1. The molecule has 1 aromatic heterocycles. The van der Waals surface area contributed by atoms with Gasteiger partial charge in [-0.2, -0.15) is 5.10 Å². The van der Waals surface area contributed by atoms with Gasteiger partial charge in [-0.3, -0.25) is 4.79 Å². The lowest BCUT2D eigenvalue weighted by Gasteiger charge is -2.23. The van der Waals surface area contributed by atoms with Crippen molar-refractivity contribution in [3.05, 3.63) is 46.5 Å². The highest BCUT2D eigenvalue weighted by Gasteiger charge is 2.35. The molecule has 134 valence electrons. The predicted octanol–water partition coefficient (Wildman–Crippen LogP) is 2.23. The van der Waals surface area contributed by atoms with E-state index in [0.717, 1.165) is 0 Å². The van der Waals surface area contributed by atoms with Crippen molar-refractivity contribution in [3.63, 3.8) is 0 Å². The molecule has 1 atom stereocenters. The van der Waals surface area contributed by atoms with E-state index < -0.39 is 9.84 Å². The molecule has 1 aliphatic heterocycles. The van der Waals surface area contributed by atoms with Gasteiger partial charge in [-0.1, -0.05) is 11.6 Å². The van der Waals surface area contributed by atoms with Crippen LogP contribution in [0.1, 0.15) is 22.5 Å². The van der Waals surface area contributed by atoms with Crippen LogP contribution in [0.15, 0.2) is 24.3 Å². The molecule has 0 bridgehead atoms. The lowest BCUT2D eigenvalue weighted by molar-refractivity contribution is 0.0747. The summed E-state index contributed by atoms with van der Waals surface area (Å²) in [5.74, 6) is -0.727. The van der Waals surface area contributed by atoms with Crippen molar-refractivity contribution in [1.29, 1.82) is 0 Å². The van der Waals surface area contributed by atoms with Crippen molar-refractivity contribution in [2.75, 3.05) is 18.6 Å². The Morgan fingerprint density at radius 1 is 1.36 bits per heavy atom. The maximum Gasteiger partial charge on any atom is 0.258 e. The first-order valence-corrected chi connectivity index (χ1v) is 9.88. The topological polar surface area (TPSA) is 72.3 Å². The van der Waals surface area contributed by atoms with Crippen LogP contribution >= 0.6 is 11.6 Å². The molecule has 0 aliphatic carbocycles. The van der Waals surface area contributed by atoms with Crippen LogP contribution in [-0.4, -0.2) is 53.6 Å². The van der Waals surface area contributed by atoms with Gasteiger partial charge in [0.25, 0.3) is 5.91 Å². The van der Waals surface area contributed by atoms with Crippen LogP contribution in [0.4, 0.5) is 4.39 Å². The van der Waals surface area contributed by atoms with Gasteiger partial charge in [0.1, 0.15) is 11.0 Å². The monoisotopic (exact) mass is 385 g/mol. The van der Waals surface area contributed by atoms with Gasteiger partial charge in [-0.15, -0.1) is 0 Å². The van der Waals surface area contributed by atoms with Crippen molar-refractivity contribution >= 4 is 27.3 Å². The Kier molecular flexibility index (Phi) is 4.59. The number of carbonyl (C=O) groups is 1. The van der Waals surface area contributed by atoms with Crippen LogP contribution in [0.5, 0.6) is 0 Å². The number of aromatic nitrogens is 2. The number of hydrogen-bond acceptors (Lipinski definition) is 4. The van der Waals surface area contributed by atoms with E-state index in [1.807, 2.05) is 0 Å². The Morgan fingerprint density at radius 2 is 2.00 bits per heavy atom. The van der Waals surface area contributed by atoms with Gasteiger partial charge in [0.2, 0.25) is 0 Å². The quantitative estimate of drug-likeness (QED) is 0.812. The van der Waals surface area contributed by atoms with Crippen LogP contribution < -0.4 is 0 Å². The second-order valence-electron chi connectivity index (χ2n) is 6.11. The normalized spacial score (nSPS) is 19.1. The molecule has 1 fully saturated rings. The molecule has 0 spiro atoms. The van der Waals surface area contributed by atoms with Gasteiger partial charge in [-0.05, 0) is 37.6 Å². The molecule has 1 unspecified atom stereocenters. The Hall–Kier alpha value is -1.93. The number of hydrogen-bond donors (Lipinski definition) is 0. The number of benzene rings is 1. The summed E-state index contributed by atoms with van der Waals surface area (Å²) in [5, 5.41) is 4.38. The van der Waals surface area contributed by atoms with E-state index in [2.05, 4.69) is 5.10 Å². The number of rotatable bonds is 3. The summed E-state index contributed by atoms with van der Waals surface area (Å²) in [4.78, 5) is 14.2. The van der Waals surface area contributed by atoms with E-state index >= 15 is 0 Å². The second kappa shape index (κ2) is 6.42. The van der Waals surface area contributed by atoms with Crippen molar-refractivity contribution in [2.45, 2.75) is 19.4 Å². The van der Waals surface area contributed by atoms with E-state index in [1.54, 1.807) is 14.0 Å². The standard InChI is InChI=1S/C16H17ClFN3O3S/c1-10-14(16(22)20(2)13-7-8-25(23,24)9-13)15(17)21(19-10)12-5-3-11(18)4-6-12/h3-6,13H,7-9H2,1-2H3. The Morgan fingerprint density at radius 3 is 2.56 bits per heavy atom. The third-order valence-electron chi connectivity index (χ3n) is 4.37. The van der Waals surface area contributed by atoms with Crippen molar-refractivity contribution in [3.8, 4) is 5.69 Å². The fraction of sp³-hybridized carbons (Fsp3) is 0.375. The highest BCUT2D eigenvalue weighted by Crippen LogP contribution is 2.27. The average molecular weight is 386 g/mol. The predicted molar refractivity (Wildman–Crippen MR) is 92.4 cm³/mol. The number of halogens is 2. The molecule has 3 rings (SSSR count). The largest absolute Gasteiger partial charge is 0.338 e. The number of nitrogens with zero attached hydrogens (tertiary/aromatic N) is 3. The molecule has 1 aliphatic rings.